The van der Waals surface area contributed by atoms with Crippen LogP contribution in [0.2, 0.25) is 0 Å². The van der Waals surface area contributed by atoms with Gasteiger partial charge in [0.2, 0.25) is 0 Å². The van der Waals surface area contributed by atoms with E-state index in [-0.39, 0.29) is 0 Å². The fourth-order valence-electron chi connectivity index (χ4n) is 3.02. The van der Waals surface area contributed by atoms with Crippen molar-refractivity contribution in [3.8, 4) is 5.75 Å². The van der Waals surface area contributed by atoms with Crippen LogP contribution < -0.4 is 0 Å². The number of piperazine rings is 1. The van der Waals surface area contributed by atoms with Gasteiger partial charge < -0.3 is 10.0 Å². The zero-order valence-electron chi connectivity index (χ0n) is 13.8. The molecular weight excluding hydrogens is 286 g/mol. The molecule has 122 valence electrons. The maximum atomic E-state index is 9.82. The Morgan fingerprint density at radius 3 is 2.52 bits per heavy atom. The standard InChI is InChI=1S/C19H25N3O/c1-16-4-5-18(13-19(16)23)15-22-11-9-21(10-12-22)8-6-17-3-2-7-20-14-17/h2-5,7,13-14,23H,6,8-12,15H2,1H3. The Morgan fingerprint density at radius 1 is 1.04 bits per heavy atom. The Balaban J connectivity index is 1.44. The molecule has 0 spiro atoms. The van der Waals surface area contributed by atoms with Gasteiger partial charge >= 0.3 is 0 Å². The van der Waals surface area contributed by atoms with E-state index in [0.29, 0.717) is 5.75 Å². The van der Waals surface area contributed by atoms with E-state index < -0.39 is 0 Å². The summed E-state index contributed by atoms with van der Waals surface area (Å²) in [5.74, 6) is 0.401. The van der Waals surface area contributed by atoms with Crippen LogP contribution >= 0.6 is 0 Å². The Labute approximate surface area is 138 Å². The molecule has 2 heterocycles. The van der Waals surface area contributed by atoms with Gasteiger partial charge in [-0.05, 0) is 42.2 Å². The number of rotatable bonds is 5. The van der Waals surface area contributed by atoms with Gasteiger partial charge in [-0.3, -0.25) is 9.88 Å². The number of hydrogen-bond donors (Lipinski definition) is 1. The van der Waals surface area contributed by atoms with Crippen LogP contribution in [0.25, 0.3) is 0 Å². The lowest BCUT2D eigenvalue weighted by Gasteiger charge is -2.34. The summed E-state index contributed by atoms with van der Waals surface area (Å²) in [5, 5.41) is 9.82. The van der Waals surface area contributed by atoms with Gasteiger partial charge in [-0.15, -0.1) is 0 Å². The minimum absolute atomic E-state index is 0.401. The molecule has 1 N–H and O–H groups in total. The molecule has 2 aromatic rings. The minimum atomic E-state index is 0.401. The first kappa shape index (κ1) is 16.0. The zero-order chi connectivity index (χ0) is 16.1. The first-order valence-electron chi connectivity index (χ1n) is 8.33. The smallest absolute Gasteiger partial charge is 0.118 e. The molecule has 4 nitrogen and oxygen atoms in total. The number of benzene rings is 1. The first-order chi connectivity index (χ1) is 11.2. The molecule has 1 aromatic carbocycles. The maximum absolute atomic E-state index is 9.82. The average molecular weight is 311 g/mol. The monoisotopic (exact) mass is 311 g/mol. The topological polar surface area (TPSA) is 39.6 Å². The number of aromatic nitrogens is 1. The summed E-state index contributed by atoms with van der Waals surface area (Å²) in [6.45, 7) is 8.34. The SMILES string of the molecule is Cc1ccc(CN2CCN(CCc3cccnc3)CC2)cc1O. The molecule has 0 saturated carbocycles. The summed E-state index contributed by atoms with van der Waals surface area (Å²) in [6.07, 6.45) is 4.85. The second kappa shape index (κ2) is 7.57. The molecule has 0 amide bonds. The summed E-state index contributed by atoms with van der Waals surface area (Å²) in [6, 6.07) is 10.2. The van der Waals surface area contributed by atoms with Crippen LogP contribution in [0.1, 0.15) is 16.7 Å². The van der Waals surface area contributed by atoms with E-state index in [1.165, 1.54) is 11.1 Å². The predicted octanol–water partition coefficient (Wildman–Crippen LogP) is 2.46. The molecule has 0 radical (unpaired) electrons. The Bertz CT molecular complexity index is 622. The van der Waals surface area contributed by atoms with Gasteiger partial charge in [-0.2, -0.15) is 0 Å². The normalized spacial score (nSPS) is 16.6. The molecule has 1 aliphatic heterocycles. The lowest BCUT2D eigenvalue weighted by atomic mass is 10.1. The lowest BCUT2D eigenvalue weighted by molar-refractivity contribution is 0.128. The van der Waals surface area contributed by atoms with Crippen LogP contribution in [0.15, 0.2) is 42.7 Å². The Hall–Kier alpha value is -1.91. The zero-order valence-corrected chi connectivity index (χ0v) is 13.8. The Morgan fingerprint density at radius 2 is 1.83 bits per heavy atom. The van der Waals surface area contributed by atoms with E-state index in [9.17, 15) is 5.11 Å². The molecule has 0 unspecified atom stereocenters. The number of phenols is 1. The number of nitrogens with zero attached hydrogens (tertiary/aromatic N) is 3. The molecule has 0 atom stereocenters. The van der Waals surface area contributed by atoms with E-state index in [1.54, 1.807) is 0 Å². The molecule has 1 aromatic heterocycles. The van der Waals surface area contributed by atoms with Crippen LogP contribution in [0.4, 0.5) is 0 Å². The van der Waals surface area contributed by atoms with Crippen molar-refractivity contribution in [2.75, 3.05) is 32.7 Å². The highest BCUT2D eigenvalue weighted by Gasteiger charge is 2.17. The summed E-state index contributed by atoms with van der Waals surface area (Å²) < 4.78 is 0. The molecule has 0 bridgehead atoms. The van der Waals surface area contributed by atoms with Gasteiger partial charge in [0.1, 0.15) is 5.75 Å². The number of pyridine rings is 1. The van der Waals surface area contributed by atoms with Crippen molar-refractivity contribution in [1.82, 2.24) is 14.8 Å². The summed E-state index contributed by atoms with van der Waals surface area (Å²) in [5.41, 5.74) is 3.44. The fraction of sp³-hybridized carbons (Fsp3) is 0.421. The molecular formula is C19H25N3O. The van der Waals surface area contributed by atoms with Crippen molar-refractivity contribution in [1.29, 1.82) is 0 Å². The molecule has 1 saturated heterocycles. The first-order valence-corrected chi connectivity index (χ1v) is 8.33. The van der Waals surface area contributed by atoms with Crippen molar-refractivity contribution in [2.24, 2.45) is 0 Å². The molecule has 1 fully saturated rings. The average Bonchev–Trinajstić information content (AvgIpc) is 2.58. The van der Waals surface area contributed by atoms with Crippen molar-refractivity contribution < 1.29 is 5.11 Å². The third-order valence-corrected chi connectivity index (χ3v) is 4.58. The van der Waals surface area contributed by atoms with Gasteiger partial charge in [0.25, 0.3) is 0 Å². The third-order valence-electron chi connectivity index (χ3n) is 4.58. The second-order valence-electron chi connectivity index (χ2n) is 6.35. The number of aromatic hydroxyl groups is 1. The molecule has 4 heteroatoms. The third kappa shape index (κ3) is 4.53. The predicted molar refractivity (Wildman–Crippen MR) is 92.5 cm³/mol. The van der Waals surface area contributed by atoms with E-state index in [0.717, 1.165) is 51.3 Å². The van der Waals surface area contributed by atoms with Crippen LogP contribution in [0, 0.1) is 6.92 Å². The highest BCUT2D eigenvalue weighted by Crippen LogP contribution is 2.19. The summed E-state index contributed by atoms with van der Waals surface area (Å²) in [7, 11) is 0. The van der Waals surface area contributed by atoms with Gasteiger partial charge in [0.15, 0.2) is 0 Å². The van der Waals surface area contributed by atoms with Crippen molar-refractivity contribution in [3.05, 3.63) is 59.4 Å². The quantitative estimate of drug-likeness (QED) is 0.921. The van der Waals surface area contributed by atoms with Crippen molar-refractivity contribution in [2.45, 2.75) is 19.9 Å². The van der Waals surface area contributed by atoms with E-state index in [2.05, 4.69) is 26.9 Å². The second-order valence-corrected chi connectivity index (χ2v) is 6.35. The highest BCUT2D eigenvalue weighted by atomic mass is 16.3. The molecule has 1 aliphatic rings. The van der Waals surface area contributed by atoms with Gasteiger partial charge in [-0.1, -0.05) is 18.2 Å². The largest absolute Gasteiger partial charge is 0.508 e. The summed E-state index contributed by atoms with van der Waals surface area (Å²) >= 11 is 0. The lowest BCUT2D eigenvalue weighted by Crippen LogP contribution is -2.46. The van der Waals surface area contributed by atoms with Crippen LogP contribution in [-0.4, -0.2) is 52.6 Å². The van der Waals surface area contributed by atoms with Crippen molar-refractivity contribution >= 4 is 0 Å². The number of aryl methyl sites for hydroxylation is 1. The molecule has 0 aliphatic carbocycles. The van der Waals surface area contributed by atoms with Gasteiger partial charge in [0, 0.05) is 51.7 Å². The van der Waals surface area contributed by atoms with E-state index >= 15 is 0 Å². The molecule has 3 rings (SSSR count). The Kier molecular flexibility index (Phi) is 5.26. The van der Waals surface area contributed by atoms with E-state index in [4.69, 9.17) is 0 Å². The summed E-state index contributed by atoms with van der Waals surface area (Å²) in [4.78, 5) is 9.16. The fourth-order valence-corrected chi connectivity index (χ4v) is 3.02. The number of hydrogen-bond acceptors (Lipinski definition) is 4. The molecule has 23 heavy (non-hydrogen) atoms. The minimum Gasteiger partial charge on any atom is -0.508 e. The number of phenolic OH excluding ortho intramolecular Hbond substituents is 1. The van der Waals surface area contributed by atoms with E-state index in [1.807, 2.05) is 37.5 Å². The van der Waals surface area contributed by atoms with Crippen LogP contribution in [0.5, 0.6) is 5.75 Å². The van der Waals surface area contributed by atoms with Crippen LogP contribution in [0.3, 0.4) is 0 Å². The van der Waals surface area contributed by atoms with Crippen molar-refractivity contribution in [3.63, 3.8) is 0 Å². The highest BCUT2D eigenvalue weighted by molar-refractivity contribution is 5.35. The van der Waals surface area contributed by atoms with Gasteiger partial charge in [-0.25, -0.2) is 0 Å². The van der Waals surface area contributed by atoms with Gasteiger partial charge in [0.05, 0.1) is 0 Å². The maximum Gasteiger partial charge on any atom is 0.118 e. The van der Waals surface area contributed by atoms with Crippen LogP contribution in [-0.2, 0) is 13.0 Å².